The average Bonchev–Trinajstić information content (AvgIpc) is 2.81. The normalized spacial score (nSPS) is 14.0. The predicted octanol–water partition coefficient (Wildman–Crippen LogP) is 1.45. The number of hydrogen-bond donors (Lipinski definition) is 2. The van der Waals surface area contributed by atoms with Crippen molar-refractivity contribution < 1.29 is 4.42 Å². The van der Waals surface area contributed by atoms with E-state index < -0.39 is 0 Å². The quantitative estimate of drug-likeness (QED) is 0.744. The van der Waals surface area contributed by atoms with Crippen LogP contribution < -0.4 is 11.1 Å². The number of nitrogens with two attached hydrogens (primary N) is 1. The zero-order valence-electron chi connectivity index (χ0n) is 8.86. The molecule has 2 aromatic rings. The summed E-state index contributed by atoms with van der Waals surface area (Å²) >= 11 is 0. The molecule has 1 aliphatic rings. The Labute approximate surface area is 93.5 Å². The second-order valence-corrected chi connectivity index (χ2v) is 4.00. The lowest BCUT2D eigenvalue weighted by Gasteiger charge is -1.98. The molecule has 4 heteroatoms. The molecule has 0 aliphatic carbocycles. The van der Waals surface area contributed by atoms with E-state index in [1.807, 2.05) is 24.3 Å². The van der Waals surface area contributed by atoms with Crippen LogP contribution in [-0.4, -0.2) is 4.98 Å². The molecule has 4 nitrogen and oxygen atoms in total. The Hall–Kier alpha value is -1.81. The Kier molecular flexibility index (Phi) is 2.15. The highest BCUT2D eigenvalue weighted by molar-refractivity contribution is 5.39. The maximum Gasteiger partial charge on any atom is 0.199 e. The number of oxazole rings is 1. The first-order valence-electron chi connectivity index (χ1n) is 5.34. The lowest BCUT2D eigenvalue weighted by Crippen LogP contribution is -2.02. The highest BCUT2D eigenvalue weighted by Gasteiger charge is 2.17. The van der Waals surface area contributed by atoms with Gasteiger partial charge in [0.1, 0.15) is 5.76 Å². The standard InChI is InChI=1S/C12H13N3O/c13-9-3-1-8(2-4-9)5-12-15-10-6-14-7-11(10)16-12/h1-4,14H,5-7,13H2. The van der Waals surface area contributed by atoms with Crippen LogP contribution in [0.3, 0.4) is 0 Å². The Bertz CT molecular complexity index is 480. The Morgan fingerprint density at radius 3 is 2.81 bits per heavy atom. The monoisotopic (exact) mass is 215 g/mol. The topological polar surface area (TPSA) is 64.1 Å². The van der Waals surface area contributed by atoms with Gasteiger partial charge in [0.2, 0.25) is 0 Å². The van der Waals surface area contributed by atoms with Crippen LogP contribution in [0.1, 0.15) is 22.9 Å². The number of anilines is 1. The molecule has 0 amide bonds. The molecule has 1 aliphatic heterocycles. The molecular formula is C12H13N3O. The van der Waals surface area contributed by atoms with Gasteiger partial charge in [-0.1, -0.05) is 12.1 Å². The van der Waals surface area contributed by atoms with Gasteiger partial charge in [0.05, 0.1) is 12.2 Å². The summed E-state index contributed by atoms with van der Waals surface area (Å²) in [6.07, 6.45) is 0.729. The zero-order chi connectivity index (χ0) is 11.0. The summed E-state index contributed by atoms with van der Waals surface area (Å²) < 4.78 is 5.66. The highest BCUT2D eigenvalue weighted by Crippen LogP contribution is 2.18. The summed E-state index contributed by atoms with van der Waals surface area (Å²) in [5, 5.41) is 3.19. The van der Waals surface area contributed by atoms with E-state index in [2.05, 4.69) is 10.3 Å². The number of rotatable bonds is 2. The third-order valence-electron chi connectivity index (χ3n) is 2.74. The lowest BCUT2D eigenvalue weighted by molar-refractivity contribution is 0.458. The first-order valence-corrected chi connectivity index (χ1v) is 5.34. The maximum atomic E-state index is 5.66. The van der Waals surface area contributed by atoms with Crippen molar-refractivity contribution in [2.45, 2.75) is 19.5 Å². The van der Waals surface area contributed by atoms with Gasteiger partial charge in [-0.3, -0.25) is 0 Å². The average molecular weight is 215 g/mol. The summed E-state index contributed by atoms with van der Waals surface area (Å²) in [5.41, 5.74) is 8.63. The van der Waals surface area contributed by atoms with Crippen LogP contribution in [0.15, 0.2) is 28.7 Å². The predicted molar refractivity (Wildman–Crippen MR) is 60.7 cm³/mol. The number of nitrogens with one attached hydrogen (secondary N) is 1. The minimum absolute atomic E-state index is 0.729. The van der Waals surface area contributed by atoms with E-state index in [0.717, 1.165) is 42.5 Å². The van der Waals surface area contributed by atoms with E-state index in [9.17, 15) is 0 Å². The van der Waals surface area contributed by atoms with E-state index in [0.29, 0.717) is 0 Å². The molecule has 0 atom stereocenters. The van der Waals surface area contributed by atoms with Gasteiger partial charge < -0.3 is 15.5 Å². The van der Waals surface area contributed by atoms with Crippen LogP contribution in [-0.2, 0) is 19.5 Å². The van der Waals surface area contributed by atoms with Crippen LogP contribution in [0.4, 0.5) is 5.69 Å². The number of fused-ring (bicyclic) bond motifs is 1. The summed E-state index contributed by atoms with van der Waals surface area (Å²) in [7, 11) is 0. The maximum absolute atomic E-state index is 5.66. The second kappa shape index (κ2) is 3.64. The summed E-state index contributed by atoms with van der Waals surface area (Å²) in [6, 6.07) is 7.80. The Morgan fingerprint density at radius 2 is 2.06 bits per heavy atom. The molecular weight excluding hydrogens is 202 g/mol. The summed E-state index contributed by atoms with van der Waals surface area (Å²) in [6.45, 7) is 1.62. The van der Waals surface area contributed by atoms with Gasteiger partial charge in [-0.15, -0.1) is 0 Å². The van der Waals surface area contributed by atoms with Crippen LogP contribution in [0, 0.1) is 0 Å². The fourth-order valence-electron chi connectivity index (χ4n) is 1.89. The molecule has 3 N–H and O–H groups in total. The first-order chi connectivity index (χ1) is 7.81. The van der Waals surface area contributed by atoms with Crippen LogP contribution >= 0.6 is 0 Å². The SMILES string of the molecule is Nc1ccc(Cc2nc3c(o2)CNC3)cc1. The molecule has 16 heavy (non-hydrogen) atoms. The largest absolute Gasteiger partial charge is 0.444 e. The number of benzene rings is 1. The Balaban J connectivity index is 1.81. The smallest absolute Gasteiger partial charge is 0.199 e. The molecule has 2 heterocycles. The van der Waals surface area contributed by atoms with Crippen LogP contribution in [0.5, 0.6) is 0 Å². The summed E-state index contributed by atoms with van der Waals surface area (Å²) in [5.74, 6) is 1.77. The molecule has 0 spiro atoms. The van der Waals surface area contributed by atoms with E-state index in [4.69, 9.17) is 10.2 Å². The fraction of sp³-hybridized carbons (Fsp3) is 0.250. The van der Waals surface area contributed by atoms with Gasteiger partial charge in [0.15, 0.2) is 5.89 Å². The van der Waals surface area contributed by atoms with Crippen LogP contribution in [0.25, 0.3) is 0 Å². The van der Waals surface area contributed by atoms with E-state index in [1.165, 1.54) is 5.56 Å². The Morgan fingerprint density at radius 1 is 1.25 bits per heavy atom. The number of hydrogen-bond acceptors (Lipinski definition) is 4. The van der Waals surface area contributed by atoms with Crippen molar-refractivity contribution in [3.8, 4) is 0 Å². The lowest BCUT2D eigenvalue weighted by atomic mass is 10.1. The van der Waals surface area contributed by atoms with Crippen molar-refractivity contribution in [2.24, 2.45) is 0 Å². The van der Waals surface area contributed by atoms with Crippen molar-refractivity contribution in [3.05, 3.63) is 47.2 Å². The van der Waals surface area contributed by atoms with Crippen molar-refractivity contribution in [1.29, 1.82) is 0 Å². The minimum atomic E-state index is 0.729. The van der Waals surface area contributed by atoms with Gasteiger partial charge in [0, 0.05) is 18.7 Å². The molecule has 1 aromatic carbocycles. The molecule has 0 bridgehead atoms. The summed E-state index contributed by atoms with van der Waals surface area (Å²) in [4.78, 5) is 4.45. The molecule has 0 unspecified atom stereocenters. The number of nitrogens with zero attached hydrogens (tertiary/aromatic N) is 1. The second-order valence-electron chi connectivity index (χ2n) is 4.00. The van der Waals surface area contributed by atoms with E-state index in [1.54, 1.807) is 0 Å². The molecule has 1 aromatic heterocycles. The van der Waals surface area contributed by atoms with E-state index in [-0.39, 0.29) is 0 Å². The highest BCUT2D eigenvalue weighted by atomic mass is 16.4. The molecule has 3 rings (SSSR count). The minimum Gasteiger partial charge on any atom is -0.444 e. The van der Waals surface area contributed by atoms with Gasteiger partial charge in [-0.05, 0) is 17.7 Å². The van der Waals surface area contributed by atoms with Gasteiger partial charge in [-0.2, -0.15) is 0 Å². The van der Waals surface area contributed by atoms with Crippen molar-refractivity contribution in [2.75, 3.05) is 5.73 Å². The van der Waals surface area contributed by atoms with Crippen molar-refractivity contribution >= 4 is 5.69 Å². The van der Waals surface area contributed by atoms with E-state index >= 15 is 0 Å². The molecule has 0 saturated carbocycles. The zero-order valence-corrected chi connectivity index (χ0v) is 8.86. The van der Waals surface area contributed by atoms with Crippen molar-refractivity contribution in [3.63, 3.8) is 0 Å². The van der Waals surface area contributed by atoms with Gasteiger partial charge >= 0.3 is 0 Å². The van der Waals surface area contributed by atoms with Crippen molar-refractivity contribution in [1.82, 2.24) is 10.3 Å². The van der Waals surface area contributed by atoms with Gasteiger partial charge in [0.25, 0.3) is 0 Å². The molecule has 0 saturated heterocycles. The molecule has 0 fully saturated rings. The third kappa shape index (κ3) is 1.67. The number of nitrogen functional groups attached to an aromatic ring is 1. The van der Waals surface area contributed by atoms with Crippen LogP contribution in [0.2, 0.25) is 0 Å². The number of aromatic nitrogens is 1. The first kappa shape index (κ1) is 9.42. The molecule has 0 radical (unpaired) electrons. The fourth-order valence-corrected chi connectivity index (χ4v) is 1.89. The van der Waals surface area contributed by atoms with Gasteiger partial charge in [-0.25, -0.2) is 4.98 Å². The third-order valence-corrected chi connectivity index (χ3v) is 2.74. The molecule has 82 valence electrons.